The molecule has 0 fully saturated rings. The summed E-state index contributed by atoms with van der Waals surface area (Å²) in [6.07, 6.45) is -3.59. The molecule has 0 saturated heterocycles. The molecule has 2 aromatic carbocycles. The van der Waals surface area contributed by atoms with E-state index in [4.69, 9.17) is 4.74 Å². The fourth-order valence-electron chi connectivity index (χ4n) is 3.68. The SMILES string of the molecule is COc1cccc([C@H]2C[C@H](C(F)(F)F)n3ncc(C(=O)NCc4ccccc4)c3N2)c1. The van der Waals surface area contributed by atoms with Gasteiger partial charge in [0.1, 0.15) is 17.1 Å². The number of aromatic nitrogens is 2. The van der Waals surface area contributed by atoms with E-state index < -0.39 is 24.2 Å². The molecule has 9 heteroatoms. The van der Waals surface area contributed by atoms with Gasteiger partial charge in [-0.25, -0.2) is 4.68 Å². The highest BCUT2D eigenvalue weighted by molar-refractivity contribution is 5.98. The number of fused-ring (bicyclic) bond motifs is 1. The number of carbonyl (C=O) groups is 1. The summed E-state index contributed by atoms with van der Waals surface area (Å²) in [4.78, 5) is 12.7. The van der Waals surface area contributed by atoms with Crippen LogP contribution in [0.15, 0.2) is 60.8 Å². The highest BCUT2D eigenvalue weighted by Crippen LogP contribution is 2.44. The first-order chi connectivity index (χ1) is 14.9. The van der Waals surface area contributed by atoms with Crippen molar-refractivity contribution in [3.63, 3.8) is 0 Å². The monoisotopic (exact) mass is 430 g/mol. The molecule has 0 aliphatic carbocycles. The summed E-state index contributed by atoms with van der Waals surface area (Å²) in [5.74, 6) is 0.0968. The van der Waals surface area contributed by atoms with E-state index >= 15 is 0 Å². The van der Waals surface area contributed by atoms with E-state index in [-0.39, 0.29) is 24.3 Å². The van der Waals surface area contributed by atoms with Crippen LogP contribution in [0.4, 0.5) is 19.0 Å². The van der Waals surface area contributed by atoms with Crippen LogP contribution in [0.2, 0.25) is 0 Å². The van der Waals surface area contributed by atoms with Gasteiger partial charge in [0.25, 0.3) is 5.91 Å². The Kier molecular flexibility index (Phi) is 5.58. The Morgan fingerprint density at radius 3 is 2.71 bits per heavy atom. The molecule has 0 unspecified atom stereocenters. The predicted octanol–water partition coefficient (Wildman–Crippen LogP) is 4.48. The zero-order valence-corrected chi connectivity index (χ0v) is 16.7. The number of halogens is 3. The van der Waals surface area contributed by atoms with Gasteiger partial charge in [0.15, 0.2) is 6.04 Å². The van der Waals surface area contributed by atoms with E-state index in [9.17, 15) is 18.0 Å². The minimum atomic E-state index is -4.52. The van der Waals surface area contributed by atoms with Crippen LogP contribution in [0.25, 0.3) is 0 Å². The number of carbonyl (C=O) groups excluding carboxylic acids is 1. The first-order valence-corrected chi connectivity index (χ1v) is 9.73. The zero-order chi connectivity index (χ0) is 22.0. The van der Waals surface area contributed by atoms with Crippen LogP contribution < -0.4 is 15.4 Å². The van der Waals surface area contributed by atoms with Crippen molar-refractivity contribution in [1.29, 1.82) is 0 Å². The molecule has 4 rings (SSSR count). The van der Waals surface area contributed by atoms with Gasteiger partial charge in [0, 0.05) is 13.0 Å². The lowest BCUT2D eigenvalue weighted by Gasteiger charge is -2.34. The minimum absolute atomic E-state index is 0.0481. The second kappa shape index (κ2) is 8.33. The van der Waals surface area contributed by atoms with E-state index in [0.29, 0.717) is 11.3 Å². The second-order valence-corrected chi connectivity index (χ2v) is 7.29. The maximum absolute atomic E-state index is 13.8. The summed E-state index contributed by atoms with van der Waals surface area (Å²) in [6, 6.07) is 13.6. The van der Waals surface area contributed by atoms with Crippen molar-refractivity contribution >= 4 is 11.7 Å². The van der Waals surface area contributed by atoms with Crippen LogP contribution in [0.5, 0.6) is 5.75 Å². The van der Waals surface area contributed by atoms with Gasteiger partial charge in [-0.1, -0.05) is 42.5 Å². The molecule has 31 heavy (non-hydrogen) atoms. The van der Waals surface area contributed by atoms with Crippen molar-refractivity contribution in [1.82, 2.24) is 15.1 Å². The predicted molar refractivity (Wildman–Crippen MR) is 109 cm³/mol. The van der Waals surface area contributed by atoms with Crippen molar-refractivity contribution in [2.24, 2.45) is 0 Å². The summed E-state index contributed by atoms with van der Waals surface area (Å²) in [7, 11) is 1.50. The molecule has 162 valence electrons. The highest BCUT2D eigenvalue weighted by atomic mass is 19.4. The standard InChI is InChI=1S/C22H21F3N4O2/c1-31-16-9-5-8-15(10-16)18-11-19(22(23,24)25)29-20(28-18)17(13-27-29)21(30)26-12-14-6-3-2-4-7-14/h2-10,13,18-19,28H,11-12H2,1H3,(H,26,30)/t18-,19-/m1/s1. The normalized spacial score (nSPS) is 18.1. The van der Waals surface area contributed by atoms with Crippen LogP contribution in [0, 0.1) is 0 Å². The number of rotatable bonds is 5. The molecular weight excluding hydrogens is 409 g/mol. The number of amides is 1. The van der Waals surface area contributed by atoms with Gasteiger partial charge >= 0.3 is 6.18 Å². The van der Waals surface area contributed by atoms with Crippen molar-refractivity contribution in [3.05, 3.63) is 77.5 Å². The Balaban J connectivity index is 1.63. The molecule has 0 bridgehead atoms. The quantitative estimate of drug-likeness (QED) is 0.626. The fraction of sp³-hybridized carbons (Fsp3) is 0.273. The molecule has 1 aromatic heterocycles. The third-order valence-electron chi connectivity index (χ3n) is 5.28. The van der Waals surface area contributed by atoms with Gasteiger partial charge in [-0.2, -0.15) is 18.3 Å². The molecular formula is C22H21F3N4O2. The number of methoxy groups -OCH3 is 1. The highest BCUT2D eigenvalue weighted by Gasteiger charge is 2.47. The Morgan fingerprint density at radius 2 is 2.00 bits per heavy atom. The lowest BCUT2D eigenvalue weighted by molar-refractivity contribution is -0.173. The van der Waals surface area contributed by atoms with Gasteiger partial charge in [-0.15, -0.1) is 0 Å². The molecule has 0 saturated carbocycles. The molecule has 0 radical (unpaired) electrons. The summed E-state index contributed by atoms with van der Waals surface area (Å²) in [5.41, 5.74) is 1.58. The van der Waals surface area contributed by atoms with Crippen molar-refractivity contribution in [2.45, 2.75) is 31.2 Å². The van der Waals surface area contributed by atoms with E-state index in [1.807, 2.05) is 30.3 Å². The number of benzene rings is 2. The van der Waals surface area contributed by atoms with E-state index in [1.165, 1.54) is 13.3 Å². The number of anilines is 1. The van der Waals surface area contributed by atoms with E-state index in [2.05, 4.69) is 15.7 Å². The van der Waals surface area contributed by atoms with Crippen LogP contribution in [-0.2, 0) is 6.54 Å². The molecule has 2 N–H and O–H groups in total. The first kappa shape index (κ1) is 20.8. The number of hydrogen-bond acceptors (Lipinski definition) is 4. The number of nitrogens with zero attached hydrogens (tertiary/aromatic N) is 2. The summed E-state index contributed by atoms with van der Waals surface area (Å²) in [5, 5.41) is 9.71. The van der Waals surface area contributed by atoms with Crippen LogP contribution >= 0.6 is 0 Å². The molecule has 6 nitrogen and oxygen atoms in total. The number of hydrogen-bond donors (Lipinski definition) is 2. The summed E-state index contributed by atoms with van der Waals surface area (Å²) in [6.45, 7) is 0.256. The van der Waals surface area contributed by atoms with Gasteiger partial charge in [0.05, 0.1) is 19.3 Å². The van der Waals surface area contributed by atoms with Crippen LogP contribution in [0.3, 0.4) is 0 Å². The third kappa shape index (κ3) is 4.35. The van der Waals surface area contributed by atoms with Gasteiger partial charge in [-0.3, -0.25) is 4.79 Å². The average molecular weight is 430 g/mol. The van der Waals surface area contributed by atoms with Gasteiger partial charge in [-0.05, 0) is 23.3 Å². The van der Waals surface area contributed by atoms with Gasteiger partial charge in [0.2, 0.25) is 0 Å². The van der Waals surface area contributed by atoms with Gasteiger partial charge < -0.3 is 15.4 Å². The largest absolute Gasteiger partial charge is 0.497 e. The summed E-state index contributed by atoms with van der Waals surface area (Å²) >= 11 is 0. The Morgan fingerprint density at radius 1 is 1.23 bits per heavy atom. The topological polar surface area (TPSA) is 68.2 Å². The molecule has 0 spiro atoms. The summed E-state index contributed by atoms with van der Waals surface area (Å²) < 4.78 is 47.5. The molecule has 1 aliphatic rings. The maximum Gasteiger partial charge on any atom is 0.410 e. The van der Waals surface area contributed by atoms with Crippen molar-refractivity contribution in [2.75, 3.05) is 12.4 Å². The number of nitrogens with one attached hydrogen (secondary N) is 2. The molecule has 2 heterocycles. The Labute approximate surface area is 177 Å². The molecule has 2 atom stereocenters. The second-order valence-electron chi connectivity index (χ2n) is 7.29. The molecule has 1 amide bonds. The van der Waals surface area contributed by atoms with Crippen molar-refractivity contribution < 1.29 is 22.7 Å². The Bertz CT molecular complexity index is 1070. The molecule has 1 aliphatic heterocycles. The number of alkyl halides is 3. The van der Waals surface area contributed by atoms with Crippen LogP contribution in [-0.4, -0.2) is 29.0 Å². The van der Waals surface area contributed by atoms with Crippen LogP contribution in [0.1, 0.15) is 40.0 Å². The maximum atomic E-state index is 13.8. The first-order valence-electron chi connectivity index (χ1n) is 9.73. The molecule has 3 aromatic rings. The van der Waals surface area contributed by atoms with E-state index in [0.717, 1.165) is 10.2 Å². The zero-order valence-electron chi connectivity index (χ0n) is 16.7. The average Bonchev–Trinajstić information content (AvgIpc) is 3.21. The smallest absolute Gasteiger partial charge is 0.410 e. The lowest BCUT2D eigenvalue weighted by atomic mass is 9.96. The third-order valence-corrected chi connectivity index (χ3v) is 5.28. The fourth-order valence-corrected chi connectivity index (χ4v) is 3.68. The number of ether oxygens (including phenoxy) is 1. The Hall–Kier alpha value is -3.49. The minimum Gasteiger partial charge on any atom is -0.497 e. The van der Waals surface area contributed by atoms with Crippen molar-refractivity contribution in [3.8, 4) is 5.75 Å². The van der Waals surface area contributed by atoms with E-state index in [1.54, 1.807) is 24.3 Å². The lowest BCUT2D eigenvalue weighted by Crippen LogP contribution is -2.36.